The highest BCUT2D eigenvalue weighted by Gasteiger charge is 2.34. The maximum absolute atomic E-state index is 13.0. The summed E-state index contributed by atoms with van der Waals surface area (Å²) >= 11 is 10.7. The van der Waals surface area contributed by atoms with Crippen LogP contribution in [-0.4, -0.2) is 12.2 Å². The number of halogens is 4. The van der Waals surface area contributed by atoms with Gasteiger partial charge in [0.15, 0.2) is 5.11 Å². The van der Waals surface area contributed by atoms with Gasteiger partial charge in [0.25, 0.3) is 0 Å². The molecule has 0 aliphatic rings. The number of anilines is 2. The lowest BCUT2D eigenvalue weighted by Gasteiger charge is -2.17. The molecule has 0 heterocycles. The molecule has 0 aliphatic carbocycles. The van der Waals surface area contributed by atoms with E-state index in [1.807, 2.05) is 0 Å². The number of rotatable bonds is 3. The second-order valence-corrected chi connectivity index (χ2v) is 5.31. The van der Waals surface area contributed by atoms with E-state index in [1.165, 1.54) is 19.2 Å². The lowest BCUT2D eigenvalue weighted by Crippen LogP contribution is -2.21. The Bertz CT molecular complexity index is 722. The van der Waals surface area contributed by atoms with Crippen LogP contribution in [0, 0.1) is 0 Å². The zero-order chi connectivity index (χ0) is 17.0. The Morgan fingerprint density at radius 3 is 2.39 bits per heavy atom. The van der Waals surface area contributed by atoms with Gasteiger partial charge in [-0.25, -0.2) is 0 Å². The maximum atomic E-state index is 13.0. The number of ether oxygens (including phenoxy) is 1. The van der Waals surface area contributed by atoms with E-state index in [0.717, 1.165) is 6.07 Å². The SMILES string of the molecule is COc1ccccc1NC(=S)Nc1ccc(Cl)cc1C(F)(F)F. The number of benzene rings is 2. The first-order valence-electron chi connectivity index (χ1n) is 6.39. The summed E-state index contributed by atoms with van der Waals surface area (Å²) in [6.45, 7) is 0. The number of alkyl halides is 3. The Morgan fingerprint density at radius 2 is 1.74 bits per heavy atom. The smallest absolute Gasteiger partial charge is 0.418 e. The topological polar surface area (TPSA) is 33.3 Å². The van der Waals surface area contributed by atoms with Crippen LogP contribution >= 0.6 is 23.8 Å². The third-order valence-electron chi connectivity index (χ3n) is 2.89. The second-order valence-electron chi connectivity index (χ2n) is 4.47. The van der Waals surface area contributed by atoms with Crippen LogP contribution in [0.2, 0.25) is 5.02 Å². The third-order valence-corrected chi connectivity index (χ3v) is 3.33. The highest BCUT2D eigenvalue weighted by Crippen LogP contribution is 2.36. The molecule has 2 rings (SSSR count). The molecule has 8 heteroatoms. The van der Waals surface area contributed by atoms with Gasteiger partial charge >= 0.3 is 6.18 Å². The predicted octanol–water partition coefficient (Wildman–Crippen LogP) is 5.18. The maximum Gasteiger partial charge on any atom is 0.418 e. The minimum Gasteiger partial charge on any atom is -0.495 e. The largest absolute Gasteiger partial charge is 0.495 e. The van der Waals surface area contributed by atoms with Crippen LogP contribution in [0.15, 0.2) is 42.5 Å². The molecule has 23 heavy (non-hydrogen) atoms. The summed E-state index contributed by atoms with van der Waals surface area (Å²) in [7, 11) is 1.48. The van der Waals surface area contributed by atoms with Crippen LogP contribution in [0.25, 0.3) is 0 Å². The predicted molar refractivity (Wildman–Crippen MR) is 89.3 cm³/mol. The Hall–Kier alpha value is -1.99. The Kier molecular flexibility index (Phi) is 5.33. The number of methoxy groups -OCH3 is 1. The number of hydrogen-bond acceptors (Lipinski definition) is 2. The number of para-hydroxylation sites is 2. The summed E-state index contributed by atoms with van der Waals surface area (Å²) < 4.78 is 44.3. The van der Waals surface area contributed by atoms with Crippen LogP contribution in [0.3, 0.4) is 0 Å². The fourth-order valence-corrected chi connectivity index (χ4v) is 2.28. The van der Waals surface area contributed by atoms with E-state index < -0.39 is 11.7 Å². The number of hydrogen-bond donors (Lipinski definition) is 2. The van der Waals surface area contributed by atoms with Crippen molar-refractivity contribution in [2.24, 2.45) is 0 Å². The van der Waals surface area contributed by atoms with Crippen LogP contribution in [-0.2, 0) is 6.18 Å². The first-order chi connectivity index (χ1) is 10.8. The molecule has 2 aromatic carbocycles. The fourth-order valence-electron chi connectivity index (χ4n) is 1.88. The molecule has 0 atom stereocenters. The molecule has 0 bridgehead atoms. The monoisotopic (exact) mass is 360 g/mol. The van der Waals surface area contributed by atoms with Crippen molar-refractivity contribution in [1.82, 2.24) is 0 Å². The molecule has 0 amide bonds. The van der Waals surface area contributed by atoms with Gasteiger partial charge in [-0.1, -0.05) is 23.7 Å². The highest BCUT2D eigenvalue weighted by molar-refractivity contribution is 7.80. The Morgan fingerprint density at radius 1 is 1.09 bits per heavy atom. The van der Waals surface area contributed by atoms with Crippen molar-refractivity contribution in [1.29, 1.82) is 0 Å². The summed E-state index contributed by atoms with van der Waals surface area (Å²) in [5, 5.41) is 5.32. The van der Waals surface area contributed by atoms with Crippen molar-refractivity contribution in [3.63, 3.8) is 0 Å². The molecule has 0 unspecified atom stereocenters. The third kappa shape index (κ3) is 4.49. The first kappa shape index (κ1) is 17.4. The van der Waals surface area contributed by atoms with E-state index in [4.69, 9.17) is 28.6 Å². The van der Waals surface area contributed by atoms with Crippen molar-refractivity contribution >= 4 is 40.3 Å². The van der Waals surface area contributed by atoms with Gasteiger partial charge in [-0.15, -0.1) is 0 Å². The standard InChI is InChI=1S/C15H12ClF3N2OS/c1-22-13-5-3-2-4-12(13)21-14(23)20-11-7-6-9(16)8-10(11)15(17,18)19/h2-8H,1H3,(H2,20,21,23). The van der Waals surface area contributed by atoms with Gasteiger partial charge in [-0.2, -0.15) is 13.2 Å². The first-order valence-corrected chi connectivity index (χ1v) is 7.17. The van der Waals surface area contributed by atoms with E-state index in [2.05, 4.69) is 10.6 Å². The molecule has 0 spiro atoms. The van der Waals surface area contributed by atoms with Gasteiger partial charge in [0.05, 0.1) is 24.0 Å². The summed E-state index contributed by atoms with van der Waals surface area (Å²) in [5.41, 5.74) is -0.543. The quantitative estimate of drug-likeness (QED) is 0.739. The number of thiocarbonyl (C=S) groups is 1. The molecule has 0 fully saturated rings. The van der Waals surface area contributed by atoms with Crippen LogP contribution < -0.4 is 15.4 Å². The van der Waals surface area contributed by atoms with Gasteiger partial charge < -0.3 is 15.4 Å². The summed E-state index contributed by atoms with van der Waals surface area (Å²) in [4.78, 5) is 0. The normalized spacial score (nSPS) is 11.0. The van der Waals surface area contributed by atoms with Gasteiger partial charge in [0, 0.05) is 5.02 Å². The molecule has 122 valence electrons. The molecule has 2 aromatic rings. The van der Waals surface area contributed by atoms with Crippen molar-refractivity contribution in [2.45, 2.75) is 6.18 Å². The van der Waals surface area contributed by atoms with Crippen LogP contribution in [0.5, 0.6) is 5.75 Å². The summed E-state index contributed by atoms with van der Waals surface area (Å²) in [6.07, 6.45) is -4.55. The van der Waals surface area contributed by atoms with Crippen molar-refractivity contribution in [2.75, 3.05) is 17.7 Å². The van der Waals surface area contributed by atoms with E-state index in [0.29, 0.717) is 11.4 Å². The average Bonchev–Trinajstić information content (AvgIpc) is 2.48. The van der Waals surface area contributed by atoms with E-state index in [9.17, 15) is 13.2 Å². The van der Waals surface area contributed by atoms with E-state index in [1.54, 1.807) is 24.3 Å². The van der Waals surface area contributed by atoms with Crippen molar-refractivity contribution in [3.05, 3.63) is 53.1 Å². The Labute approximate surface area is 141 Å². The van der Waals surface area contributed by atoms with Gasteiger partial charge in [-0.3, -0.25) is 0 Å². The Balaban J connectivity index is 2.21. The minimum absolute atomic E-state index is 0.00215. The molecule has 0 radical (unpaired) electrons. The second kappa shape index (κ2) is 7.06. The van der Waals surface area contributed by atoms with Gasteiger partial charge in [0.1, 0.15) is 5.75 Å². The zero-order valence-electron chi connectivity index (χ0n) is 11.9. The van der Waals surface area contributed by atoms with Crippen LogP contribution in [0.4, 0.5) is 24.5 Å². The van der Waals surface area contributed by atoms with Gasteiger partial charge in [-0.05, 0) is 42.5 Å². The zero-order valence-corrected chi connectivity index (χ0v) is 13.4. The molecule has 0 aliphatic heterocycles. The molecular weight excluding hydrogens is 349 g/mol. The lowest BCUT2D eigenvalue weighted by molar-refractivity contribution is -0.136. The van der Waals surface area contributed by atoms with E-state index >= 15 is 0 Å². The van der Waals surface area contributed by atoms with E-state index in [-0.39, 0.29) is 15.8 Å². The molecular formula is C15H12ClF3N2OS. The van der Waals surface area contributed by atoms with Crippen molar-refractivity contribution in [3.8, 4) is 5.75 Å². The molecule has 0 aromatic heterocycles. The van der Waals surface area contributed by atoms with Crippen molar-refractivity contribution < 1.29 is 17.9 Å². The number of nitrogens with one attached hydrogen (secondary N) is 2. The minimum atomic E-state index is -4.55. The molecule has 3 nitrogen and oxygen atoms in total. The van der Waals surface area contributed by atoms with Gasteiger partial charge in [0.2, 0.25) is 0 Å². The highest BCUT2D eigenvalue weighted by atomic mass is 35.5. The van der Waals surface area contributed by atoms with Crippen LogP contribution in [0.1, 0.15) is 5.56 Å². The lowest BCUT2D eigenvalue weighted by atomic mass is 10.1. The summed E-state index contributed by atoms with van der Waals surface area (Å²) in [5.74, 6) is 0.517. The molecule has 2 N–H and O–H groups in total. The molecule has 0 saturated heterocycles. The fraction of sp³-hybridized carbons (Fsp3) is 0.133. The summed E-state index contributed by atoms with van der Waals surface area (Å²) in [6, 6.07) is 10.3. The average molecular weight is 361 g/mol. The molecule has 0 saturated carbocycles.